The van der Waals surface area contributed by atoms with Crippen LogP contribution in [0, 0.1) is 0 Å². The van der Waals surface area contributed by atoms with Crippen LogP contribution in [0.2, 0.25) is 5.02 Å². The minimum absolute atomic E-state index is 0.0896. The lowest BCUT2D eigenvalue weighted by atomic mass is 9.98. The van der Waals surface area contributed by atoms with Crippen molar-refractivity contribution in [2.45, 2.75) is 12.5 Å². The average Bonchev–Trinajstić information content (AvgIpc) is 2.49. The molecule has 2 N–H and O–H groups in total. The van der Waals surface area contributed by atoms with Gasteiger partial charge in [-0.15, -0.1) is 0 Å². The highest BCUT2D eigenvalue weighted by molar-refractivity contribution is 9.10. The van der Waals surface area contributed by atoms with E-state index >= 15 is 0 Å². The Kier molecular flexibility index (Phi) is 4.24. The van der Waals surface area contributed by atoms with Crippen molar-refractivity contribution in [1.82, 2.24) is 4.98 Å². The molecule has 0 aliphatic carbocycles. The molecule has 0 radical (unpaired) electrons. The highest BCUT2D eigenvalue weighted by atomic mass is 79.9. The fourth-order valence-corrected chi connectivity index (χ4v) is 3.12. The van der Waals surface area contributed by atoms with Crippen molar-refractivity contribution in [3.8, 4) is 0 Å². The smallest absolute Gasteiger partial charge is 0.0702 e. The van der Waals surface area contributed by atoms with E-state index in [-0.39, 0.29) is 6.04 Å². The third kappa shape index (κ3) is 3.26. The van der Waals surface area contributed by atoms with Crippen molar-refractivity contribution in [3.05, 3.63) is 75.4 Å². The minimum Gasteiger partial charge on any atom is -0.324 e. The first-order valence-electron chi connectivity index (χ1n) is 6.67. The molecule has 21 heavy (non-hydrogen) atoms. The molecule has 0 bridgehead atoms. The molecule has 3 aromatic rings. The molecule has 106 valence electrons. The summed E-state index contributed by atoms with van der Waals surface area (Å²) in [5, 5.41) is 1.84. The maximum absolute atomic E-state index is 6.33. The van der Waals surface area contributed by atoms with Crippen molar-refractivity contribution in [1.29, 1.82) is 0 Å². The lowest BCUT2D eigenvalue weighted by Gasteiger charge is -2.14. The van der Waals surface area contributed by atoms with E-state index in [0.29, 0.717) is 6.42 Å². The third-order valence-corrected chi connectivity index (χ3v) is 4.36. The summed E-state index contributed by atoms with van der Waals surface area (Å²) in [7, 11) is 0. The van der Waals surface area contributed by atoms with E-state index in [9.17, 15) is 0 Å². The standard InChI is InChI=1S/C17H14BrClN2/c18-14-5-3-11(15(19)10-14)9-16(20)12-4-6-17-13(8-12)2-1-7-21-17/h1-8,10,16H,9,20H2. The van der Waals surface area contributed by atoms with Gasteiger partial charge >= 0.3 is 0 Å². The summed E-state index contributed by atoms with van der Waals surface area (Å²) in [4.78, 5) is 4.32. The van der Waals surface area contributed by atoms with Gasteiger partial charge in [0.15, 0.2) is 0 Å². The first-order valence-corrected chi connectivity index (χ1v) is 7.85. The zero-order valence-electron chi connectivity index (χ0n) is 11.3. The molecule has 0 spiro atoms. The Hall–Kier alpha value is -1.42. The van der Waals surface area contributed by atoms with E-state index in [0.717, 1.165) is 31.5 Å². The predicted molar refractivity (Wildman–Crippen MR) is 91.5 cm³/mol. The van der Waals surface area contributed by atoms with E-state index in [1.165, 1.54) is 0 Å². The quantitative estimate of drug-likeness (QED) is 0.721. The molecule has 3 rings (SSSR count). The van der Waals surface area contributed by atoms with Gasteiger partial charge in [0.05, 0.1) is 5.52 Å². The van der Waals surface area contributed by atoms with Gasteiger partial charge in [0.2, 0.25) is 0 Å². The lowest BCUT2D eigenvalue weighted by Crippen LogP contribution is -2.13. The maximum Gasteiger partial charge on any atom is 0.0702 e. The molecule has 0 aliphatic rings. The summed E-state index contributed by atoms with van der Waals surface area (Å²) < 4.78 is 0.974. The molecule has 1 heterocycles. The molecular formula is C17H14BrClN2. The second kappa shape index (κ2) is 6.14. The molecule has 0 aliphatic heterocycles. The minimum atomic E-state index is -0.0896. The second-order valence-corrected chi connectivity index (χ2v) is 6.32. The molecule has 1 unspecified atom stereocenters. The van der Waals surface area contributed by atoms with Crippen molar-refractivity contribution in [3.63, 3.8) is 0 Å². The molecule has 2 nitrogen and oxygen atoms in total. The number of hydrogen-bond acceptors (Lipinski definition) is 2. The Bertz CT molecular complexity index is 789. The molecule has 0 saturated heterocycles. The number of rotatable bonds is 3. The van der Waals surface area contributed by atoms with E-state index in [1.807, 2.05) is 42.5 Å². The van der Waals surface area contributed by atoms with Gasteiger partial charge in [0, 0.05) is 27.1 Å². The lowest BCUT2D eigenvalue weighted by molar-refractivity contribution is 0.723. The average molecular weight is 362 g/mol. The highest BCUT2D eigenvalue weighted by Gasteiger charge is 2.10. The van der Waals surface area contributed by atoms with Crippen LogP contribution in [0.1, 0.15) is 17.2 Å². The normalized spacial score (nSPS) is 12.5. The molecule has 0 amide bonds. The van der Waals surface area contributed by atoms with Crippen LogP contribution in [0.4, 0.5) is 0 Å². The van der Waals surface area contributed by atoms with E-state index in [2.05, 4.69) is 27.0 Å². The zero-order valence-corrected chi connectivity index (χ0v) is 13.6. The summed E-state index contributed by atoms with van der Waals surface area (Å²) in [5.41, 5.74) is 9.46. The first kappa shape index (κ1) is 14.5. The fraction of sp³-hybridized carbons (Fsp3) is 0.118. The predicted octanol–water partition coefficient (Wildman–Crippen LogP) is 4.89. The Morgan fingerprint density at radius 3 is 2.81 bits per heavy atom. The van der Waals surface area contributed by atoms with Crippen LogP contribution < -0.4 is 5.73 Å². The van der Waals surface area contributed by atoms with Crippen LogP contribution in [-0.4, -0.2) is 4.98 Å². The molecule has 0 saturated carbocycles. The topological polar surface area (TPSA) is 38.9 Å². The number of aromatic nitrogens is 1. The molecule has 0 fully saturated rings. The van der Waals surface area contributed by atoms with Gasteiger partial charge in [-0.25, -0.2) is 0 Å². The Balaban J connectivity index is 1.87. The summed E-state index contributed by atoms with van der Waals surface area (Å²) >= 11 is 9.67. The van der Waals surface area contributed by atoms with E-state index < -0.39 is 0 Å². The molecule has 1 atom stereocenters. The monoisotopic (exact) mass is 360 g/mol. The van der Waals surface area contributed by atoms with Gasteiger partial charge in [-0.1, -0.05) is 45.7 Å². The van der Waals surface area contributed by atoms with Gasteiger partial charge < -0.3 is 5.73 Å². The number of nitrogens with zero attached hydrogens (tertiary/aromatic N) is 1. The van der Waals surface area contributed by atoms with Crippen molar-refractivity contribution < 1.29 is 0 Å². The Morgan fingerprint density at radius 2 is 2.00 bits per heavy atom. The largest absolute Gasteiger partial charge is 0.324 e. The first-order chi connectivity index (χ1) is 10.1. The number of hydrogen-bond donors (Lipinski definition) is 1. The van der Waals surface area contributed by atoms with Crippen molar-refractivity contribution >= 4 is 38.4 Å². The third-order valence-electron chi connectivity index (χ3n) is 3.51. The highest BCUT2D eigenvalue weighted by Crippen LogP contribution is 2.26. The summed E-state index contributed by atoms with van der Waals surface area (Å²) in [5.74, 6) is 0. The molecule has 1 aromatic heterocycles. The van der Waals surface area contributed by atoms with E-state index in [4.69, 9.17) is 17.3 Å². The number of benzene rings is 2. The number of fused-ring (bicyclic) bond motifs is 1. The maximum atomic E-state index is 6.33. The van der Waals surface area contributed by atoms with Crippen LogP contribution >= 0.6 is 27.5 Å². The molecule has 2 aromatic carbocycles. The van der Waals surface area contributed by atoms with Gasteiger partial charge in [0.25, 0.3) is 0 Å². The summed E-state index contributed by atoms with van der Waals surface area (Å²) in [6, 6.07) is 15.9. The van der Waals surface area contributed by atoms with Crippen molar-refractivity contribution in [2.24, 2.45) is 5.73 Å². The number of pyridine rings is 1. The van der Waals surface area contributed by atoms with Crippen LogP contribution in [0.3, 0.4) is 0 Å². The number of nitrogens with two attached hydrogens (primary N) is 1. The Labute approximate surface area is 137 Å². The van der Waals surface area contributed by atoms with E-state index in [1.54, 1.807) is 6.20 Å². The zero-order chi connectivity index (χ0) is 14.8. The van der Waals surface area contributed by atoms with Gasteiger partial charge in [-0.3, -0.25) is 4.98 Å². The van der Waals surface area contributed by atoms with Gasteiger partial charge in [0.1, 0.15) is 0 Å². The molecular weight excluding hydrogens is 348 g/mol. The summed E-state index contributed by atoms with van der Waals surface area (Å²) in [6.45, 7) is 0. The van der Waals surface area contributed by atoms with Crippen molar-refractivity contribution in [2.75, 3.05) is 0 Å². The van der Waals surface area contributed by atoms with Gasteiger partial charge in [-0.05, 0) is 47.9 Å². The molecule has 4 heteroatoms. The Morgan fingerprint density at radius 1 is 1.14 bits per heavy atom. The SMILES string of the molecule is NC(Cc1ccc(Br)cc1Cl)c1ccc2ncccc2c1. The number of halogens is 2. The van der Waals surface area contributed by atoms with Gasteiger partial charge in [-0.2, -0.15) is 0 Å². The van der Waals surface area contributed by atoms with Crippen LogP contribution in [0.5, 0.6) is 0 Å². The summed E-state index contributed by atoms with van der Waals surface area (Å²) in [6.07, 6.45) is 2.50. The van der Waals surface area contributed by atoms with Crippen LogP contribution in [0.25, 0.3) is 10.9 Å². The second-order valence-electron chi connectivity index (χ2n) is 5.00. The fourth-order valence-electron chi connectivity index (χ4n) is 2.37. The van der Waals surface area contributed by atoms with Crippen LogP contribution in [0.15, 0.2) is 59.2 Å². The van der Waals surface area contributed by atoms with Crippen LogP contribution in [-0.2, 0) is 6.42 Å².